The molecule has 0 amide bonds. The van der Waals surface area contributed by atoms with E-state index in [0.717, 1.165) is 0 Å². The molecule has 0 aromatic heterocycles. The summed E-state index contributed by atoms with van der Waals surface area (Å²) in [5.41, 5.74) is -0.787. The summed E-state index contributed by atoms with van der Waals surface area (Å²) in [7, 11) is 0. The minimum Gasteiger partial charge on any atom is -0.462 e. The number of aliphatic hydroxyl groups excluding tert-OH is 2. The maximum absolute atomic E-state index is 11.9. The monoisotopic (exact) mass is 232 g/mol. The Balaban J connectivity index is 4.55. The normalized spacial score (nSPS) is 17.7. The van der Waals surface area contributed by atoms with Crippen LogP contribution in [0.5, 0.6) is 0 Å². The van der Waals surface area contributed by atoms with Gasteiger partial charge in [-0.3, -0.25) is 4.79 Å². The molecule has 0 heterocycles. The summed E-state index contributed by atoms with van der Waals surface area (Å²) < 4.78 is 5.03. The first-order chi connectivity index (χ1) is 7.19. The summed E-state index contributed by atoms with van der Waals surface area (Å²) in [6, 6.07) is 0. The number of aliphatic hydroxyl groups is 2. The molecule has 0 saturated heterocycles. The third kappa shape index (κ3) is 3.46. The molecular weight excluding hydrogens is 208 g/mol. The second kappa shape index (κ2) is 5.64. The van der Waals surface area contributed by atoms with Crippen LogP contribution in [0.25, 0.3) is 0 Å². The Morgan fingerprint density at radius 1 is 1.31 bits per heavy atom. The average molecular weight is 232 g/mol. The van der Waals surface area contributed by atoms with Gasteiger partial charge in [0.1, 0.15) is 12.7 Å². The van der Waals surface area contributed by atoms with Crippen molar-refractivity contribution in [2.75, 3.05) is 13.2 Å². The van der Waals surface area contributed by atoms with Gasteiger partial charge in [0.05, 0.1) is 12.0 Å². The van der Waals surface area contributed by atoms with Crippen LogP contribution in [0.15, 0.2) is 0 Å². The molecule has 0 aliphatic heterocycles. The Kier molecular flexibility index (Phi) is 5.42. The lowest BCUT2D eigenvalue weighted by Crippen LogP contribution is -2.42. The zero-order valence-corrected chi connectivity index (χ0v) is 10.9. The van der Waals surface area contributed by atoms with E-state index in [1.54, 1.807) is 0 Å². The molecule has 16 heavy (non-hydrogen) atoms. The van der Waals surface area contributed by atoms with E-state index in [4.69, 9.17) is 14.9 Å². The van der Waals surface area contributed by atoms with Gasteiger partial charge in [-0.25, -0.2) is 0 Å². The molecule has 0 aromatic carbocycles. The van der Waals surface area contributed by atoms with Gasteiger partial charge in [-0.15, -0.1) is 0 Å². The molecule has 4 heteroatoms. The highest BCUT2D eigenvalue weighted by atomic mass is 16.5. The second-order valence-electron chi connectivity index (χ2n) is 5.37. The molecule has 2 unspecified atom stereocenters. The Bertz CT molecular complexity index is 232. The smallest absolute Gasteiger partial charge is 0.312 e. The summed E-state index contributed by atoms with van der Waals surface area (Å²) in [5, 5.41) is 17.7. The standard InChI is InChI=1S/C12H24O4/c1-6-12(5,11(2,3)4)10(15)16-8-9(14)7-13/h9,13-14H,6-8H2,1-5H3. The van der Waals surface area contributed by atoms with Crippen LogP contribution < -0.4 is 0 Å². The van der Waals surface area contributed by atoms with Crippen molar-refractivity contribution in [2.45, 2.75) is 47.1 Å². The molecule has 2 N–H and O–H groups in total. The zero-order valence-electron chi connectivity index (χ0n) is 10.9. The molecule has 0 rings (SSSR count). The van der Waals surface area contributed by atoms with Gasteiger partial charge in [0.2, 0.25) is 0 Å². The zero-order chi connectivity index (χ0) is 13.0. The fourth-order valence-corrected chi connectivity index (χ4v) is 1.36. The highest BCUT2D eigenvalue weighted by molar-refractivity contribution is 5.77. The van der Waals surface area contributed by atoms with Gasteiger partial charge in [0.15, 0.2) is 0 Å². The summed E-state index contributed by atoms with van der Waals surface area (Å²) in [5.74, 6) is -0.324. The molecule has 2 atom stereocenters. The predicted molar refractivity (Wildman–Crippen MR) is 61.9 cm³/mol. The number of esters is 1. The van der Waals surface area contributed by atoms with E-state index in [1.165, 1.54) is 0 Å². The van der Waals surface area contributed by atoms with Crippen molar-refractivity contribution < 1.29 is 19.7 Å². The van der Waals surface area contributed by atoms with Crippen LogP contribution in [-0.4, -0.2) is 35.5 Å². The number of ether oxygens (including phenoxy) is 1. The first-order valence-corrected chi connectivity index (χ1v) is 5.65. The fourth-order valence-electron chi connectivity index (χ4n) is 1.36. The predicted octanol–water partition coefficient (Wildman–Crippen LogP) is 1.35. The van der Waals surface area contributed by atoms with Crippen LogP contribution in [0.2, 0.25) is 0 Å². The molecule has 0 bridgehead atoms. The summed E-state index contributed by atoms with van der Waals surface area (Å²) in [6.45, 7) is 9.21. The second-order valence-corrected chi connectivity index (χ2v) is 5.37. The van der Waals surface area contributed by atoms with Crippen molar-refractivity contribution in [3.63, 3.8) is 0 Å². The first kappa shape index (κ1) is 15.4. The number of carbonyl (C=O) groups is 1. The fraction of sp³-hybridized carbons (Fsp3) is 0.917. The minimum atomic E-state index is -0.995. The van der Waals surface area contributed by atoms with E-state index >= 15 is 0 Å². The third-order valence-electron chi connectivity index (χ3n) is 3.43. The van der Waals surface area contributed by atoms with Gasteiger partial charge in [-0.2, -0.15) is 0 Å². The van der Waals surface area contributed by atoms with Crippen LogP contribution in [0.4, 0.5) is 0 Å². The topological polar surface area (TPSA) is 66.8 Å². The molecular formula is C12H24O4. The SMILES string of the molecule is CCC(C)(C(=O)OCC(O)CO)C(C)(C)C. The number of hydrogen-bond donors (Lipinski definition) is 2. The number of hydrogen-bond acceptors (Lipinski definition) is 4. The van der Waals surface area contributed by atoms with Crippen molar-refractivity contribution >= 4 is 5.97 Å². The van der Waals surface area contributed by atoms with Crippen LogP contribution in [0, 0.1) is 10.8 Å². The molecule has 0 aliphatic carbocycles. The summed E-state index contributed by atoms with van der Waals surface area (Å²) >= 11 is 0. The van der Waals surface area contributed by atoms with E-state index in [2.05, 4.69) is 0 Å². The van der Waals surface area contributed by atoms with Gasteiger partial charge in [-0.05, 0) is 18.8 Å². The molecule has 0 aromatic rings. The highest BCUT2D eigenvalue weighted by Crippen LogP contribution is 2.42. The summed E-state index contributed by atoms with van der Waals surface area (Å²) in [6.07, 6.45) is -0.324. The van der Waals surface area contributed by atoms with Crippen molar-refractivity contribution in [1.29, 1.82) is 0 Å². The van der Waals surface area contributed by atoms with Gasteiger partial charge in [-0.1, -0.05) is 27.7 Å². The van der Waals surface area contributed by atoms with E-state index < -0.39 is 18.1 Å². The molecule has 0 spiro atoms. The number of rotatable bonds is 5. The lowest BCUT2D eigenvalue weighted by Gasteiger charge is -2.38. The van der Waals surface area contributed by atoms with Crippen LogP contribution in [0.1, 0.15) is 41.0 Å². The molecule has 0 aliphatic rings. The van der Waals surface area contributed by atoms with Crippen molar-refractivity contribution in [3.8, 4) is 0 Å². The van der Waals surface area contributed by atoms with Gasteiger partial charge < -0.3 is 14.9 Å². The van der Waals surface area contributed by atoms with Crippen LogP contribution in [-0.2, 0) is 9.53 Å². The maximum atomic E-state index is 11.9. The molecule has 0 radical (unpaired) electrons. The molecule has 0 saturated carbocycles. The Morgan fingerprint density at radius 2 is 1.81 bits per heavy atom. The first-order valence-electron chi connectivity index (χ1n) is 5.65. The lowest BCUT2D eigenvalue weighted by molar-refractivity contribution is -0.165. The lowest BCUT2D eigenvalue weighted by atomic mass is 9.66. The van der Waals surface area contributed by atoms with Crippen LogP contribution >= 0.6 is 0 Å². The van der Waals surface area contributed by atoms with Crippen molar-refractivity contribution in [3.05, 3.63) is 0 Å². The Labute approximate surface area is 97.6 Å². The quantitative estimate of drug-likeness (QED) is 0.702. The average Bonchev–Trinajstić information content (AvgIpc) is 2.22. The molecule has 0 fully saturated rings. The Hall–Kier alpha value is -0.610. The van der Waals surface area contributed by atoms with E-state index in [-0.39, 0.29) is 18.0 Å². The van der Waals surface area contributed by atoms with Crippen LogP contribution in [0.3, 0.4) is 0 Å². The van der Waals surface area contributed by atoms with E-state index in [1.807, 2.05) is 34.6 Å². The van der Waals surface area contributed by atoms with Gasteiger partial charge in [0, 0.05) is 0 Å². The molecule has 96 valence electrons. The Morgan fingerprint density at radius 3 is 2.12 bits per heavy atom. The van der Waals surface area contributed by atoms with E-state index in [0.29, 0.717) is 6.42 Å². The summed E-state index contributed by atoms with van der Waals surface area (Å²) in [4.78, 5) is 11.9. The maximum Gasteiger partial charge on any atom is 0.312 e. The van der Waals surface area contributed by atoms with Gasteiger partial charge in [0.25, 0.3) is 0 Å². The minimum absolute atomic E-state index is 0.152. The van der Waals surface area contributed by atoms with E-state index in [9.17, 15) is 4.79 Å². The van der Waals surface area contributed by atoms with Crippen molar-refractivity contribution in [1.82, 2.24) is 0 Å². The highest BCUT2D eigenvalue weighted by Gasteiger charge is 2.44. The number of carbonyl (C=O) groups excluding carboxylic acids is 1. The van der Waals surface area contributed by atoms with Gasteiger partial charge >= 0.3 is 5.97 Å². The van der Waals surface area contributed by atoms with Crippen molar-refractivity contribution in [2.24, 2.45) is 10.8 Å². The largest absolute Gasteiger partial charge is 0.462 e. The molecule has 4 nitrogen and oxygen atoms in total. The third-order valence-corrected chi connectivity index (χ3v) is 3.43.